The van der Waals surface area contributed by atoms with Crippen LogP contribution in [0, 0.1) is 23.7 Å². The molecule has 0 spiro atoms. The number of hydrogen-bond acceptors (Lipinski definition) is 10. The molecule has 6 heterocycles. The molecule has 0 aromatic heterocycles. The molecule has 3 N–H and O–H groups in total. The lowest BCUT2D eigenvalue weighted by atomic mass is 9.98. The molecular formula is C86H80N10O10. The normalized spacial score (nSPS) is 16.7. The molecule has 5 fully saturated rings. The molecule has 1 atom stereocenters. The second-order valence-corrected chi connectivity index (χ2v) is 25.8. The highest BCUT2D eigenvalue weighted by Crippen LogP contribution is 2.37. The van der Waals surface area contributed by atoms with Crippen LogP contribution in [-0.4, -0.2) is 82.2 Å². The first-order valence-corrected chi connectivity index (χ1v) is 35.5. The molecule has 0 bridgehead atoms. The lowest BCUT2D eigenvalue weighted by Crippen LogP contribution is -2.45. The van der Waals surface area contributed by atoms with Crippen molar-refractivity contribution in [2.24, 2.45) is 23.7 Å². The Hall–Kier alpha value is -13.1. The summed E-state index contributed by atoms with van der Waals surface area (Å²) < 4.78 is 0. The average Bonchev–Trinajstić information content (AvgIpc) is 1.63. The Morgan fingerprint density at radius 1 is 0.302 bits per heavy atom. The molecule has 1 unspecified atom stereocenters. The maximum Gasteiger partial charge on any atom is 0.262 e. The molecule has 0 radical (unpaired) electrons. The first-order chi connectivity index (χ1) is 51.8. The zero-order valence-electron chi connectivity index (χ0n) is 58.5. The standard InChI is InChI=1S/C22H18N2O2.C19H20N2O2.C16H14N2O2.C15H12N2O2.C14H16N2O2/c25-21-20(16-17-10-4-1-5-11-17)22(26)24(19-14-8-3-9-15-19)23(21)18-12-6-2-7-13-18;1-2-3-14-17-18(22)20(15-10-6-4-7-11-15)21(19(17)23)16-12-8-5-9-13-16;19-15-12(10-11-6-2-1-3-7-11)16(20)18-14-9-5-4-8-13(14)17-15;18-14-13(11-7-3-1-4-8-11)15(19)17(16-14)12-9-5-2-6-10-12;17-13-12(10-11-6-2-1-3-7-11)14(18)16-9-5-4-8-15(13)16/h1-15,20H,16H2;4-13,17H,2-3,14H2,1H3;1-9,12H,10H2,(H,17,19)(H,18,20);1-10,13H,(H,16,18);1-3,6-7,12H,4-5,8-10H2. The zero-order valence-corrected chi connectivity index (χ0v) is 58.5. The number of carbonyl (C=O) groups excluding carboxylic acids is 10. The van der Waals surface area contributed by atoms with Gasteiger partial charge in [-0.05, 0) is 134 Å². The summed E-state index contributed by atoms with van der Waals surface area (Å²) in [5.74, 6) is -5.10. The number of carbonyl (C=O) groups is 10. The van der Waals surface area contributed by atoms with Crippen LogP contribution in [0.1, 0.15) is 67.2 Å². The molecule has 10 amide bonds. The number of hydrazine groups is 4. The van der Waals surface area contributed by atoms with Gasteiger partial charge in [-0.3, -0.25) is 63.4 Å². The number of para-hydroxylation sites is 7. The number of rotatable bonds is 15. The highest BCUT2D eigenvalue weighted by molar-refractivity contribution is 6.24. The summed E-state index contributed by atoms with van der Waals surface area (Å²) in [4.78, 5) is 125. The van der Waals surface area contributed by atoms with E-state index in [-0.39, 0.29) is 59.1 Å². The Kier molecular flexibility index (Phi) is 23.8. The highest BCUT2D eigenvalue weighted by Gasteiger charge is 2.49. The number of unbranched alkanes of at least 4 members (excludes halogenated alkanes) is 1. The van der Waals surface area contributed by atoms with Gasteiger partial charge in [-0.1, -0.05) is 244 Å². The molecule has 5 saturated heterocycles. The average molecular weight is 1410 g/mol. The van der Waals surface area contributed by atoms with E-state index in [1.54, 1.807) is 46.4 Å². The van der Waals surface area contributed by atoms with Crippen LogP contribution in [0.2, 0.25) is 0 Å². The van der Waals surface area contributed by atoms with Gasteiger partial charge in [-0.2, -0.15) is 0 Å². The van der Waals surface area contributed by atoms with Crippen molar-refractivity contribution in [3.05, 3.63) is 320 Å². The predicted molar refractivity (Wildman–Crippen MR) is 407 cm³/mol. The molecule has 10 aromatic rings. The number of nitrogens with zero attached hydrogens (tertiary/aromatic N) is 7. The maximum absolute atomic E-state index is 13.2. The smallest absolute Gasteiger partial charge is 0.262 e. The van der Waals surface area contributed by atoms with Crippen molar-refractivity contribution in [2.45, 2.75) is 64.2 Å². The van der Waals surface area contributed by atoms with Crippen molar-refractivity contribution >= 4 is 98.9 Å². The van der Waals surface area contributed by atoms with Crippen molar-refractivity contribution in [3.63, 3.8) is 0 Å². The third kappa shape index (κ3) is 16.8. The van der Waals surface area contributed by atoms with E-state index in [1.165, 1.54) is 25.0 Å². The Balaban J connectivity index is 0.000000125. The van der Waals surface area contributed by atoms with Crippen LogP contribution < -0.4 is 41.1 Å². The number of nitrogens with one attached hydrogen (secondary N) is 3. The van der Waals surface area contributed by atoms with Crippen LogP contribution in [0.5, 0.6) is 0 Å². The van der Waals surface area contributed by atoms with Crippen LogP contribution in [0.4, 0.5) is 39.8 Å². The lowest BCUT2D eigenvalue weighted by molar-refractivity contribution is -0.150. The Labute approximate surface area is 615 Å². The van der Waals surface area contributed by atoms with E-state index >= 15 is 0 Å². The van der Waals surface area contributed by atoms with Crippen molar-refractivity contribution in [3.8, 4) is 0 Å². The summed E-state index contributed by atoms with van der Waals surface area (Å²) >= 11 is 0. The molecule has 10 aromatic carbocycles. The fraction of sp³-hybridized carbons (Fsp3) is 0.186. The van der Waals surface area contributed by atoms with Gasteiger partial charge in [0.25, 0.3) is 47.3 Å². The van der Waals surface area contributed by atoms with E-state index in [2.05, 4.69) is 23.0 Å². The summed E-state index contributed by atoms with van der Waals surface area (Å²) in [6, 6.07) is 91.5. The monoisotopic (exact) mass is 1410 g/mol. The van der Waals surface area contributed by atoms with E-state index in [9.17, 15) is 47.9 Å². The van der Waals surface area contributed by atoms with Gasteiger partial charge in [-0.25, -0.2) is 25.0 Å². The van der Waals surface area contributed by atoms with Gasteiger partial charge in [0.05, 0.1) is 39.8 Å². The SMILES string of the molecule is CCCCC1C(=O)N(c2ccccc2)N(c2ccccc2)C1=O.O=C1C(Cc2ccccc2)C(=O)N(c2ccccc2)N1c1ccccc1.O=C1C(Cc2ccccc2)C(=O)N2CCCCN12.O=C1NN(c2ccccc2)C(=O)C1c1ccccc1.O=C1Nc2ccccc2NC(=O)C1Cc1ccccc1. The van der Waals surface area contributed by atoms with Crippen molar-refractivity contribution in [1.29, 1.82) is 0 Å². The molecule has 0 aliphatic carbocycles. The molecule has 534 valence electrons. The van der Waals surface area contributed by atoms with Crippen molar-refractivity contribution in [1.82, 2.24) is 15.4 Å². The molecule has 16 rings (SSSR count). The summed E-state index contributed by atoms with van der Waals surface area (Å²) in [7, 11) is 0. The number of fused-ring (bicyclic) bond motifs is 2. The number of amides is 10. The van der Waals surface area contributed by atoms with E-state index in [0.717, 1.165) is 42.4 Å². The minimum Gasteiger partial charge on any atom is -0.324 e. The van der Waals surface area contributed by atoms with E-state index < -0.39 is 29.6 Å². The molecule has 0 saturated carbocycles. The Bertz CT molecular complexity index is 4530. The van der Waals surface area contributed by atoms with Crippen molar-refractivity contribution < 1.29 is 47.9 Å². The third-order valence-corrected chi connectivity index (χ3v) is 18.7. The Morgan fingerprint density at radius 2 is 0.594 bits per heavy atom. The second kappa shape index (κ2) is 34.7. The topological polar surface area (TPSA) is 229 Å². The predicted octanol–water partition coefficient (Wildman–Crippen LogP) is 13.1. The zero-order chi connectivity index (χ0) is 73.9. The van der Waals surface area contributed by atoms with Gasteiger partial charge >= 0.3 is 0 Å². The van der Waals surface area contributed by atoms with Gasteiger partial charge in [0.1, 0.15) is 29.6 Å². The first-order valence-electron chi connectivity index (χ1n) is 35.5. The van der Waals surface area contributed by atoms with Gasteiger partial charge < -0.3 is 10.6 Å². The van der Waals surface area contributed by atoms with E-state index in [1.807, 2.05) is 261 Å². The second-order valence-electron chi connectivity index (χ2n) is 25.8. The van der Waals surface area contributed by atoms with Crippen LogP contribution >= 0.6 is 0 Å². The largest absolute Gasteiger partial charge is 0.324 e. The lowest BCUT2D eigenvalue weighted by Gasteiger charge is -2.31. The molecular weight excluding hydrogens is 1330 g/mol. The van der Waals surface area contributed by atoms with Crippen LogP contribution in [0.25, 0.3) is 0 Å². The summed E-state index contributed by atoms with van der Waals surface area (Å²) in [6.45, 7) is 3.44. The van der Waals surface area contributed by atoms with Crippen LogP contribution in [0.3, 0.4) is 0 Å². The fourth-order valence-corrected chi connectivity index (χ4v) is 13.3. The molecule has 20 nitrogen and oxygen atoms in total. The van der Waals surface area contributed by atoms with Crippen LogP contribution in [-0.2, 0) is 67.2 Å². The molecule has 6 aliphatic heterocycles. The van der Waals surface area contributed by atoms with Gasteiger partial charge in [0, 0.05) is 13.1 Å². The Morgan fingerprint density at radius 3 is 0.943 bits per heavy atom. The van der Waals surface area contributed by atoms with Gasteiger partial charge in [0.15, 0.2) is 0 Å². The summed E-state index contributed by atoms with van der Waals surface area (Å²) in [5.41, 5.74) is 11.1. The number of benzene rings is 10. The van der Waals surface area contributed by atoms with E-state index in [0.29, 0.717) is 84.1 Å². The minimum absolute atomic E-state index is 0.0245. The van der Waals surface area contributed by atoms with Crippen LogP contribution in [0.15, 0.2) is 297 Å². The summed E-state index contributed by atoms with van der Waals surface area (Å²) in [6.07, 6.45) is 5.73. The summed E-state index contributed by atoms with van der Waals surface area (Å²) in [5, 5.41) is 16.2. The fourth-order valence-electron chi connectivity index (χ4n) is 13.3. The molecule has 20 heteroatoms. The molecule has 6 aliphatic rings. The van der Waals surface area contributed by atoms with Crippen molar-refractivity contribution in [2.75, 3.05) is 48.8 Å². The van der Waals surface area contributed by atoms with Gasteiger partial charge in [0.2, 0.25) is 11.8 Å². The third-order valence-electron chi connectivity index (χ3n) is 18.7. The number of anilines is 7. The number of hydrogen-bond donors (Lipinski definition) is 3. The first kappa shape index (κ1) is 72.7. The van der Waals surface area contributed by atoms with E-state index in [4.69, 9.17) is 0 Å². The highest BCUT2D eigenvalue weighted by atomic mass is 16.2. The molecule has 106 heavy (non-hydrogen) atoms. The quantitative estimate of drug-likeness (QED) is 0.0822. The van der Waals surface area contributed by atoms with Gasteiger partial charge in [-0.15, -0.1) is 0 Å². The minimum atomic E-state index is -0.763. The maximum atomic E-state index is 13.2.